The van der Waals surface area contributed by atoms with Crippen LogP contribution < -0.4 is 10.1 Å². The summed E-state index contributed by atoms with van der Waals surface area (Å²) in [5.74, 6) is 1.40. The average Bonchev–Trinajstić information content (AvgIpc) is 3.25. The van der Waals surface area contributed by atoms with E-state index in [0.717, 1.165) is 18.0 Å². The van der Waals surface area contributed by atoms with Crippen molar-refractivity contribution in [2.45, 2.75) is 25.4 Å². The summed E-state index contributed by atoms with van der Waals surface area (Å²) in [5.41, 5.74) is 0.967. The zero-order valence-corrected chi connectivity index (χ0v) is 12.3. The number of nitrogens with one attached hydrogen (secondary N) is 1. The minimum atomic E-state index is 0.480. The van der Waals surface area contributed by atoms with Gasteiger partial charge in [-0.3, -0.25) is 4.98 Å². The third-order valence-corrected chi connectivity index (χ3v) is 3.80. The monoisotopic (exact) mass is 308 g/mol. The third kappa shape index (κ3) is 3.63. The zero-order valence-electron chi connectivity index (χ0n) is 10.8. The van der Waals surface area contributed by atoms with E-state index in [1.165, 1.54) is 12.8 Å². The van der Waals surface area contributed by atoms with Gasteiger partial charge in [0.15, 0.2) is 0 Å². The lowest BCUT2D eigenvalue weighted by Crippen LogP contribution is -2.16. The van der Waals surface area contributed by atoms with E-state index >= 15 is 0 Å². The maximum absolute atomic E-state index is 5.97. The third-order valence-electron chi connectivity index (χ3n) is 3.06. The van der Waals surface area contributed by atoms with Crippen molar-refractivity contribution in [1.82, 2.24) is 10.3 Å². The molecule has 0 atom stereocenters. The van der Waals surface area contributed by atoms with Crippen LogP contribution in [0.25, 0.3) is 0 Å². The van der Waals surface area contributed by atoms with E-state index in [1.807, 2.05) is 12.1 Å². The molecule has 104 valence electrons. The van der Waals surface area contributed by atoms with E-state index < -0.39 is 0 Å². The van der Waals surface area contributed by atoms with Crippen LogP contribution in [0.1, 0.15) is 18.5 Å². The minimum Gasteiger partial charge on any atom is -0.457 e. The summed E-state index contributed by atoms with van der Waals surface area (Å²) in [6.07, 6.45) is 4.27. The van der Waals surface area contributed by atoms with Crippen LogP contribution in [-0.4, -0.2) is 11.0 Å². The topological polar surface area (TPSA) is 34.1 Å². The number of halogens is 2. The van der Waals surface area contributed by atoms with Gasteiger partial charge in [0.2, 0.25) is 0 Å². The van der Waals surface area contributed by atoms with Gasteiger partial charge < -0.3 is 10.1 Å². The van der Waals surface area contributed by atoms with E-state index in [0.29, 0.717) is 21.8 Å². The lowest BCUT2D eigenvalue weighted by Gasteiger charge is -2.08. The molecule has 3 nitrogen and oxygen atoms in total. The van der Waals surface area contributed by atoms with E-state index in [4.69, 9.17) is 27.9 Å². The number of rotatable bonds is 5. The predicted molar refractivity (Wildman–Crippen MR) is 80.6 cm³/mol. The van der Waals surface area contributed by atoms with Gasteiger partial charge in [-0.05, 0) is 31.0 Å². The van der Waals surface area contributed by atoms with Crippen molar-refractivity contribution in [3.05, 3.63) is 52.3 Å². The molecule has 0 aliphatic heterocycles. The van der Waals surface area contributed by atoms with Crippen LogP contribution in [0.5, 0.6) is 11.5 Å². The Labute approximate surface area is 127 Å². The van der Waals surface area contributed by atoms with E-state index in [9.17, 15) is 0 Å². The number of nitrogens with zero attached hydrogens (tertiary/aromatic N) is 1. The summed E-state index contributed by atoms with van der Waals surface area (Å²) in [5, 5.41) is 4.42. The van der Waals surface area contributed by atoms with E-state index in [1.54, 1.807) is 24.4 Å². The molecule has 1 aromatic carbocycles. The largest absolute Gasteiger partial charge is 0.457 e. The molecule has 1 saturated carbocycles. The van der Waals surface area contributed by atoms with E-state index in [2.05, 4.69) is 10.3 Å². The molecule has 0 bridgehead atoms. The highest BCUT2D eigenvalue weighted by molar-refractivity contribution is 6.42. The molecule has 1 aromatic heterocycles. The molecule has 20 heavy (non-hydrogen) atoms. The van der Waals surface area contributed by atoms with Crippen molar-refractivity contribution in [2.24, 2.45) is 0 Å². The van der Waals surface area contributed by atoms with Crippen LogP contribution in [0.15, 0.2) is 36.5 Å². The van der Waals surface area contributed by atoms with Gasteiger partial charge in [-0.2, -0.15) is 0 Å². The standard InChI is InChI=1S/C15H14Cl2N2O/c16-14-4-3-12(8-15(14)17)20-13-5-6-18-11(7-13)9-19-10-1-2-10/h3-8,10,19H,1-2,9H2. The first-order chi connectivity index (χ1) is 9.70. The van der Waals surface area contributed by atoms with Crippen molar-refractivity contribution < 1.29 is 4.74 Å². The Morgan fingerprint density at radius 3 is 2.65 bits per heavy atom. The Morgan fingerprint density at radius 1 is 1.10 bits per heavy atom. The summed E-state index contributed by atoms with van der Waals surface area (Å²) in [6.45, 7) is 0.767. The number of benzene rings is 1. The van der Waals surface area contributed by atoms with Crippen molar-refractivity contribution >= 4 is 23.2 Å². The predicted octanol–water partition coefficient (Wildman–Crippen LogP) is 4.43. The molecule has 0 spiro atoms. The minimum absolute atomic E-state index is 0.480. The van der Waals surface area contributed by atoms with Crippen molar-refractivity contribution in [1.29, 1.82) is 0 Å². The van der Waals surface area contributed by atoms with Crippen LogP contribution in [-0.2, 0) is 6.54 Å². The smallest absolute Gasteiger partial charge is 0.130 e. The van der Waals surface area contributed by atoms with Gasteiger partial charge in [0, 0.05) is 30.9 Å². The summed E-state index contributed by atoms with van der Waals surface area (Å²) in [4.78, 5) is 4.32. The fraction of sp³-hybridized carbons (Fsp3) is 0.267. The fourth-order valence-electron chi connectivity index (χ4n) is 1.83. The second-order valence-electron chi connectivity index (χ2n) is 4.82. The molecule has 5 heteroatoms. The molecule has 3 rings (SSSR count). The molecule has 1 heterocycles. The summed E-state index contributed by atoms with van der Waals surface area (Å²) in [7, 11) is 0. The van der Waals surface area contributed by atoms with Crippen molar-refractivity contribution in [3.63, 3.8) is 0 Å². The Kier molecular flexibility index (Phi) is 4.10. The molecule has 1 N–H and O–H groups in total. The summed E-state index contributed by atoms with van der Waals surface area (Å²) < 4.78 is 5.77. The van der Waals surface area contributed by atoms with Gasteiger partial charge in [0.1, 0.15) is 11.5 Å². The maximum Gasteiger partial charge on any atom is 0.130 e. The molecule has 0 amide bonds. The highest BCUT2D eigenvalue weighted by atomic mass is 35.5. The molecule has 1 aliphatic rings. The Bertz CT molecular complexity index is 615. The number of hydrogen-bond acceptors (Lipinski definition) is 3. The highest BCUT2D eigenvalue weighted by Crippen LogP contribution is 2.29. The number of aromatic nitrogens is 1. The first-order valence-corrected chi connectivity index (χ1v) is 7.27. The van der Waals surface area contributed by atoms with Gasteiger partial charge in [-0.1, -0.05) is 23.2 Å². The molecule has 0 radical (unpaired) electrons. The van der Waals surface area contributed by atoms with Crippen LogP contribution >= 0.6 is 23.2 Å². The average molecular weight is 309 g/mol. The van der Waals surface area contributed by atoms with Crippen molar-refractivity contribution in [2.75, 3.05) is 0 Å². The van der Waals surface area contributed by atoms with Gasteiger partial charge in [-0.15, -0.1) is 0 Å². The maximum atomic E-state index is 5.97. The van der Waals surface area contributed by atoms with Crippen LogP contribution in [0.3, 0.4) is 0 Å². The second-order valence-corrected chi connectivity index (χ2v) is 5.63. The second kappa shape index (κ2) is 6.00. The molecule has 1 fully saturated rings. The van der Waals surface area contributed by atoms with Gasteiger partial charge in [-0.25, -0.2) is 0 Å². The first kappa shape index (κ1) is 13.7. The molecular formula is C15H14Cl2N2O. The van der Waals surface area contributed by atoms with E-state index in [-0.39, 0.29) is 0 Å². The van der Waals surface area contributed by atoms with Crippen molar-refractivity contribution in [3.8, 4) is 11.5 Å². The fourth-order valence-corrected chi connectivity index (χ4v) is 2.12. The van der Waals surface area contributed by atoms with Gasteiger partial charge in [0.25, 0.3) is 0 Å². The number of ether oxygens (including phenoxy) is 1. The van der Waals surface area contributed by atoms with Crippen LogP contribution in [0, 0.1) is 0 Å². The SMILES string of the molecule is Clc1ccc(Oc2ccnc(CNC3CC3)c2)cc1Cl. The summed E-state index contributed by atoms with van der Waals surface area (Å²) >= 11 is 11.8. The quantitative estimate of drug-likeness (QED) is 0.887. The summed E-state index contributed by atoms with van der Waals surface area (Å²) in [6, 6.07) is 9.62. The molecule has 2 aromatic rings. The highest BCUT2D eigenvalue weighted by Gasteiger charge is 2.20. The van der Waals surface area contributed by atoms with Gasteiger partial charge >= 0.3 is 0 Å². The lowest BCUT2D eigenvalue weighted by molar-refractivity contribution is 0.480. The first-order valence-electron chi connectivity index (χ1n) is 6.52. The Hall–Kier alpha value is -1.29. The number of pyridine rings is 1. The molecular weight excluding hydrogens is 295 g/mol. The molecule has 0 saturated heterocycles. The zero-order chi connectivity index (χ0) is 13.9. The Balaban J connectivity index is 1.69. The normalized spacial score (nSPS) is 14.3. The van der Waals surface area contributed by atoms with Crippen LogP contribution in [0.2, 0.25) is 10.0 Å². The lowest BCUT2D eigenvalue weighted by atomic mass is 10.3. The molecule has 0 unspecified atom stereocenters. The molecule has 1 aliphatic carbocycles. The number of hydrogen-bond donors (Lipinski definition) is 1. The van der Waals surface area contributed by atoms with Gasteiger partial charge in [0.05, 0.1) is 15.7 Å². The Morgan fingerprint density at radius 2 is 1.90 bits per heavy atom. The van der Waals surface area contributed by atoms with Crippen LogP contribution in [0.4, 0.5) is 0 Å².